The largest absolute Gasteiger partial charge is 0.497 e. The number of rotatable bonds is 4. The lowest BCUT2D eigenvalue weighted by atomic mass is 10.2. The lowest BCUT2D eigenvalue weighted by Crippen LogP contribution is -2.18. The van der Waals surface area contributed by atoms with Crippen LogP contribution in [0.4, 0.5) is 0 Å². The van der Waals surface area contributed by atoms with Crippen molar-refractivity contribution in [2.24, 2.45) is 0 Å². The Morgan fingerprint density at radius 2 is 1.75 bits per heavy atom. The molecule has 1 aliphatic rings. The molecule has 1 aromatic carbocycles. The summed E-state index contributed by atoms with van der Waals surface area (Å²) in [7, 11) is 2.96. The first-order valence-corrected chi connectivity index (χ1v) is 5.87. The fourth-order valence-corrected chi connectivity index (χ4v) is 1.66. The third-order valence-electron chi connectivity index (χ3n) is 2.74. The van der Waals surface area contributed by atoms with Crippen LogP contribution >= 0.6 is 0 Å². The number of ether oxygens (including phenoxy) is 4. The second-order valence-electron chi connectivity index (χ2n) is 4.13. The second-order valence-corrected chi connectivity index (χ2v) is 4.13. The topological polar surface area (TPSA) is 71.1 Å². The van der Waals surface area contributed by atoms with Crippen LogP contribution in [0.2, 0.25) is 0 Å². The highest BCUT2D eigenvalue weighted by Crippen LogP contribution is 2.24. The van der Waals surface area contributed by atoms with E-state index in [1.54, 1.807) is 13.0 Å². The predicted octanol–water partition coefficient (Wildman–Crippen LogP) is 1.69. The number of carbonyl (C=O) groups excluding carboxylic acids is 2. The second kappa shape index (κ2) is 5.64. The van der Waals surface area contributed by atoms with Crippen molar-refractivity contribution in [3.63, 3.8) is 0 Å². The van der Waals surface area contributed by atoms with Gasteiger partial charge in [0.1, 0.15) is 11.5 Å². The van der Waals surface area contributed by atoms with Gasteiger partial charge in [-0.3, -0.25) is 0 Å². The van der Waals surface area contributed by atoms with Crippen LogP contribution in [0.15, 0.2) is 29.8 Å². The summed E-state index contributed by atoms with van der Waals surface area (Å²) in [6, 6.07) is 4.66. The van der Waals surface area contributed by atoms with Crippen molar-refractivity contribution in [1.29, 1.82) is 0 Å². The first kappa shape index (κ1) is 13.9. The molecule has 1 unspecified atom stereocenters. The summed E-state index contributed by atoms with van der Waals surface area (Å²) in [6.45, 7) is 1.59. The van der Waals surface area contributed by atoms with Crippen LogP contribution < -0.4 is 9.47 Å². The van der Waals surface area contributed by atoms with Crippen molar-refractivity contribution in [3.8, 4) is 11.5 Å². The molecule has 2 rings (SSSR count). The van der Waals surface area contributed by atoms with E-state index < -0.39 is 18.2 Å². The lowest BCUT2D eigenvalue weighted by Gasteiger charge is -2.11. The summed E-state index contributed by atoms with van der Waals surface area (Å²) < 4.78 is 20.0. The number of esters is 2. The van der Waals surface area contributed by atoms with Gasteiger partial charge in [0.05, 0.1) is 19.8 Å². The number of methoxy groups -OCH3 is 2. The highest BCUT2D eigenvalue weighted by molar-refractivity contribution is 5.92. The molecule has 6 heteroatoms. The van der Waals surface area contributed by atoms with E-state index in [2.05, 4.69) is 0 Å². The van der Waals surface area contributed by atoms with Gasteiger partial charge in [0.15, 0.2) is 0 Å². The Bertz CT molecular complexity index is 553. The third kappa shape index (κ3) is 2.90. The van der Waals surface area contributed by atoms with Crippen LogP contribution in [0, 0.1) is 0 Å². The monoisotopic (exact) mass is 278 g/mol. The fourth-order valence-electron chi connectivity index (χ4n) is 1.66. The lowest BCUT2D eigenvalue weighted by molar-refractivity contribution is -0.151. The highest BCUT2D eigenvalue weighted by atomic mass is 16.7. The zero-order chi connectivity index (χ0) is 14.7. The van der Waals surface area contributed by atoms with Crippen molar-refractivity contribution in [3.05, 3.63) is 35.4 Å². The van der Waals surface area contributed by atoms with Crippen LogP contribution in [-0.2, 0) is 14.3 Å². The zero-order valence-electron chi connectivity index (χ0n) is 11.3. The third-order valence-corrected chi connectivity index (χ3v) is 2.74. The molecule has 106 valence electrons. The average Bonchev–Trinajstić information content (AvgIpc) is 2.76. The average molecular weight is 278 g/mol. The van der Waals surface area contributed by atoms with Gasteiger partial charge in [0.25, 0.3) is 6.29 Å². The highest BCUT2D eigenvalue weighted by Gasteiger charge is 2.26. The van der Waals surface area contributed by atoms with Gasteiger partial charge >= 0.3 is 11.9 Å². The van der Waals surface area contributed by atoms with E-state index in [1.807, 2.05) is 0 Å². The molecule has 0 bridgehead atoms. The van der Waals surface area contributed by atoms with Crippen LogP contribution in [0.25, 0.3) is 0 Å². The van der Waals surface area contributed by atoms with Gasteiger partial charge < -0.3 is 18.9 Å². The van der Waals surface area contributed by atoms with Crippen LogP contribution in [-0.4, -0.2) is 32.4 Å². The maximum absolute atomic E-state index is 12.0. The predicted molar refractivity (Wildman–Crippen MR) is 68.6 cm³/mol. The maximum atomic E-state index is 12.0. The van der Waals surface area contributed by atoms with E-state index in [4.69, 9.17) is 18.9 Å². The van der Waals surface area contributed by atoms with Crippen molar-refractivity contribution in [1.82, 2.24) is 0 Å². The molecule has 0 N–H and O–H groups in total. The van der Waals surface area contributed by atoms with Gasteiger partial charge in [-0.15, -0.1) is 0 Å². The summed E-state index contributed by atoms with van der Waals surface area (Å²) in [5.41, 5.74) is 0.654. The van der Waals surface area contributed by atoms with Crippen molar-refractivity contribution in [2.45, 2.75) is 13.2 Å². The van der Waals surface area contributed by atoms with Crippen LogP contribution in [0.3, 0.4) is 0 Å². The number of carbonyl (C=O) groups is 2. The smallest absolute Gasteiger partial charge is 0.341 e. The summed E-state index contributed by atoms with van der Waals surface area (Å²) in [6.07, 6.45) is 0.449. The zero-order valence-corrected chi connectivity index (χ0v) is 11.3. The van der Waals surface area contributed by atoms with E-state index in [9.17, 15) is 9.59 Å². The number of benzene rings is 1. The number of hydrogen-bond acceptors (Lipinski definition) is 6. The summed E-state index contributed by atoms with van der Waals surface area (Å²) >= 11 is 0. The molecule has 0 radical (unpaired) electrons. The summed E-state index contributed by atoms with van der Waals surface area (Å²) in [5.74, 6) is -0.199. The molecular formula is C14H14O6. The molecule has 0 saturated carbocycles. The van der Waals surface area contributed by atoms with Gasteiger partial charge in [-0.1, -0.05) is 0 Å². The van der Waals surface area contributed by atoms with Crippen LogP contribution in [0.5, 0.6) is 11.5 Å². The first-order valence-electron chi connectivity index (χ1n) is 5.87. The van der Waals surface area contributed by atoms with Crippen LogP contribution in [0.1, 0.15) is 17.3 Å². The minimum atomic E-state index is -0.993. The molecule has 0 aromatic heterocycles. The molecule has 0 amide bonds. The summed E-state index contributed by atoms with van der Waals surface area (Å²) in [4.78, 5) is 23.2. The van der Waals surface area contributed by atoms with Crippen molar-refractivity contribution < 1.29 is 28.5 Å². The maximum Gasteiger partial charge on any atom is 0.341 e. The Kier molecular flexibility index (Phi) is 3.93. The molecule has 0 saturated heterocycles. The van der Waals surface area contributed by atoms with Gasteiger partial charge in [0.2, 0.25) is 0 Å². The van der Waals surface area contributed by atoms with Gasteiger partial charge in [-0.25, -0.2) is 9.59 Å². The SMILES string of the molecule is COc1cc(OC)cc(C(=O)OC2C=C(C)C(=O)O2)c1. The Hall–Kier alpha value is -2.50. The molecule has 20 heavy (non-hydrogen) atoms. The molecule has 1 aliphatic heterocycles. The molecule has 6 nitrogen and oxygen atoms in total. The Labute approximate surface area is 115 Å². The van der Waals surface area contributed by atoms with E-state index in [-0.39, 0.29) is 5.56 Å². The molecular weight excluding hydrogens is 264 g/mol. The molecule has 0 aliphatic carbocycles. The van der Waals surface area contributed by atoms with Gasteiger partial charge in [-0.2, -0.15) is 0 Å². The molecule has 0 spiro atoms. The normalized spacial score (nSPS) is 17.2. The van der Waals surface area contributed by atoms with Crippen molar-refractivity contribution in [2.75, 3.05) is 14.2 Å². The fraction of sp³-hybridized carbons (Fsp3) is 0.286. The number of hydrogen-bond donors (Lipinski definition) is 0. The van der Waals surface area contributed by atoms with E-state index in [1.165, 1.54) is 32.4 Å². The van der Waals surface area contributed by atoms with E-state index in [0.717, 1.165) is 0 Å². The van der Waals surface area contributed by atoms with E-state index >= 15 is 0 Å². The molecule has 1 heterocycles. The first-order chi connectivity index (χ1) is 9.53. The van der Waals surface area contributed by atoms with Gasteiger partial charge in [-0.05, 0) is 19.1 Å². The molecule has 0 fully saturated rings. The summed E-state index contributed by atoms with van der Waals surface area (Å²) in [5, 5.41) is 0. The number of cyclic esters (lactones) is 1. The Balaban J connectivity index is 2.15. The van der Waals surface area contributed by atoms with Gasteiger partial charge in [0, 0.05) is 17.7 Å². The van der Waals surface area contributed by atoms with Crippen molar-refractivity contribution >= 4 is 11.9 Å². The minimum Gasteiger partial charge on any atom is -0.497 e. The Morgan fingerprint density at radius 1 is 1.15 bits per heavy atom. The van der Waals surface area contributed by atoms with E-state index in [0.29, 0.717) is 17.1 Å². The quantitative estimate of drug-likeness (QED) is 0.780. The molecule has 1 aromatic rings. The minimum absolute atomic E-state index is 0.246. The standard InChI is InChI=1S/C14H14O6/c1-8-4-12(19-13(8)15)20-14(16)9-5-10(17-2)7-11(6-9)18-3/h4-7,12H,1-3H3. The Morgan fingerprint density at radius 3 is 2.20 bits per heavy atom. The molecule has 1 atom stereocenters.